The molecule has 4 nitrogen and oxygen atoms in total. The Kier molecular flexibility index (Phi) is 4.79. The second kappa shape index (κ2) is 7.13. The van der Waals surface area contributed by atoms with E-state index in [1.807, 2.05) is 37.3 Å². The third-order valence-electron chi connectivity index (χ3n) is 5.31. The topological polar surface area (TPSA) is 79.1 Å². The van der Waals surface area contributed by atoms with E-state index in [2.05, 4.69) is 11.9 Å². The van der Waals surface area contributed by atoms with E-state index >= 15 is 0 Å². The Balaban J connectivity index is 2.11. The Morgan fingerprint density at radius 2 is 1.96 bits per heavy atom. The molecule has 0 radical (unpaired) electrons. The van der Waals surface area contributed by atoms with E-state index in [9.17, 15) is 14.3 Å². The van der Waals surface area contributed by atoms with Crippen molar-refractivity contribution in [3.05, 3.63) is 68.6 Å². The van der Waals surface area contributed by atoms with E-state index in [-0.39, 0.29) is 18.1 Å². The molecule has 2 heterocycles. The number of thiophene rings is 1. The molecule has 0 fully saturated rings. The predicted octanol–water partition coefficient (Wildman–Crippen LogP) is 4.41. The number of aliphatic hydroxyl groups is 1. The number of nitrogens with two attached hydrogens (primary N) is 1. The fourth-order valence-corrected chi connectivity index (χ4v) is 4.56. The molecule has 0 saturated carbocycles. The number of hydrogen-bond donors (Lipinski definition) is 3. The number of fused-ring (bicyclic) bond motifs is 3. The Morgan fingerprint density at radius 1 is 1.25 bits per heavy atom. The molecule has 4 N–H and O–H groups in total. The summed E-state index contributed by atoms with van der Waals surface area (Å²) in [6.45, 7) is 4.35. The Morgan fingerprint density at radius 3 is 2.61 bits per heavy atom. The number of benzene rings is 2. The molecule has 0 aliphatic rings. The number of hydrogen-bond acceptors (Lipinski definition) is 4. The van der Waals surface area contributed by atoms with Crippen LogP contribution >= 0.6 is 11.3 Å². The minimum atomic E-state index is -0.405. The van der Waals surface area contributed by atoms with Gasteiger partial charge in [-0.25, -0.2) is 0 Å². The average molecular weight is 396 g/mol. The van der Waals surface area contributed by atoms with E-state index in [0.29, 0.717) is 22.1 Å². The molecule has 0 saturated heterocycles. The van der Waals surface area contributed by atoms with Crippen LogP contribution in [0.1, 0.15) is 29.5 Å². The maximum Gasteiger partial charge on any atom is 0.266 e. The van der Waals surface area contributed by atoms with Crippen LogP contribution in [-0.2, 0) is 6.61 Å². The first-order chi connectivity index (χ1) is 13.4. The number of rotatable bonds is 4. The molecular weight excluding hydrogens is 375 g/mol. The SMILES string of the molecule is Cc1cc(CO)c(-c2ccc([C@@H](C)CN)cc2)c2c1[nH]c(=O)c1sc(F)cc12. The number of aryl methyl sites for hydroxylation is 1. The third-order valence-corrected chi connectivity index (χ3v) is 6.24. The summed E-state index contributed by atoms with van der Waals surface area (Å²) in [5.74, 6) is 0.246. The summed E-state index contributed by atoms with van der Waals surface area (Å²) >= 11 is 0.839. The Bertz CT molecular complexity index is 1240. The first kappa shape index (κ1) is 18.8. The van der Waals surface area contributed by atoms with Gasteiger partial charge in [-0.3, -0.25) is 4.79 Å². The van der Waals surface area contributed by atoms with Crippen molar-refractivity contribution in [2.75, 3.05) is 6.54 Å². The molecule has 4 aromatic rings. The molecule has 0 amide bonds. The number of pyridine rings is 1. The molecule has 1 atom stereocenters. The van der Waals surface area contributed by atoms with Crippen molar-refractivity contribution in [1.82, 2.24) is 4.98 Å². The van der Waals surface area contributed by atoms with Crippen molar-refractivity contribution in [2.45, 2.75) is 26.4 Å². The summed E-state index contributed by atoms with van der Waals surface area (Å²) < 4.78 is 14.4. The van der Waals surface area contributed by atoms with Crippen LogP contribution in [0, 0.1) is 12.1 Å². The van der Waals surface area contributed by atoms with Crippen LogP contribution in [-0.4, -0.2) is 16.6 Å². The van der Waals surface area contributed by atoms with Gasteiger partial charge in [0.2, 0.25) is 0 Å². The lowest BCUT2D eigenvalue weighted by Gasteiger charge is -2.16. The van der Waals surface area contributed by atoms with E-state index in [1.165, 1.54) is 6.07 Å². The quantitative estimate of drug-likeness (QED) is 0.478. The van der Waals surface area contributed by atoms with Gasteiger partial charge in [0.1, 0.15) is 4.70 Å². The number of aromatic nitrogens is 1. The fourth-order valence-electron chi connectivity index (χ4n) is 3.77. The Labute approximate surface area is 165 Å². The van der Waals surface area contributed by atoms with Gasteiger partial charge in [-0.2, -0.15) is 4.39 Å². The molecule has 6 heteroatoms. The molecule has 144 valence electrons. The van der Waals surface area contributed by atoms with Crippen LogP contribution in [0.2, 0.25) is 0 Å². The summed E-state index contributed by atoms with van der Waals surface area (Å²) in [4.78, 5) is 15.3. The normalized spacial score (nSPS) is 12.8. The highest BCUT2D eigenvalue weighted by Crippen LogP contribution is 2.39. The molecular formula is C22H21FN2O2S. The van der Waals surface area contributed by atoms with Crippen LogP contribution in [0.5, 0.6) is 0 Å². The Hall–Kier alpha value is -2.54. The molecule has 0 aliphatic heterocycles. The summed E-state index contributed by atoms with van der Waals surface area (Å²) in [5, 5.41) is 11.0. The van der Waals surface area contributed by atoms with Gasteiger partial charge in [-0.1, -0.05) is 37.3 Å². The van der Waals surface area contributed by atoms with Gasteiger partial charge in [0.15, 0.2) is 5.13 Å². The number of nitrogens with one attached hydrogen (secondary N) is 1. The lowest BCUT2D eigenvalue weighted by molar-refractivity contribution is 0.282. The van der Waals surface area contributed by atoms with E-state index in [0.717, 1.165) is 44.5 Å². The molecule has 28 heavy (non-hydrogen) atoms. The highest BCUT2D eigenvalue weighted by atomic mass is 32.1. The molecule has 2 aromatic carbocycles. The van der Waals surface area contributed by atoms with E-state index in [4.69, 9.17) is 5.73 Å². The summed E-state index contributed by atoms with van der Waals surface area (Å²) in [5.41, 5.74) is 10.6. The number of halogens is 1. The third kappa shape index (κ3) is 2.94. The average Bonchev–Trinajstić information content (AvgIpc) is 3.10. The van der Waals surface area contributed by atoms with Gasteiger partial charge in [0, 0.05) is 10.8 Å². The largest absolute Gasteiger partial charge is 0.392 e. The van der Waals surface area contributed by atoms with Crippen LogP contribution in [0.25, 0.3) is 32.1 Å². The van der Waals surface area contributed by atoms with Gasteiger partial charge < -0.3 is 15.8 Å². The van der Waals surface area contributed by atoms with Gasteiger partial charge in [-0.05, 0) is 53.3 Å². The molecule has 0 unspecified atom stereocenters. The molecule has 0 aliphatic carbocycles. The first-order valence-electron chi connectivity index (χ1n) is 9.13. The minimum absolute atomic E-state index is 0.152. The zero-order chi connectivity index (χ0) is 20.0. The van der Waals surface area contributed by atoms with Crippen molar-refractivity contribution in [3.63, 3.8) is 0 Å². The van der Waals surface area contributed by atoms with Crippen molar-refractivity contribution >= 4 is 32.3 Å². The highest BCUT2D eigenvalue weighted by molar-refractivity contribution is 7.17. The predicted molar refractivity (Wildman–Crippen MR) is 113 cm³/mol. The summed E-state index contributed by atoms with van der Waals surface area (Å²) in [7, 11) is 0. The molecule has 4 rings (SSSR count). The van der Waals surface area contributed by atoms with Crippen molar-refractivity contribution in [2.24, 2.45) is 5.73 Å². The fraction of sp³-hybridized carbons (Fsp3) is 0.227. The van der Waals surface area contributed by atoms with Gasteiger partial charge in [0.05, 0.1) is 12.1 Å². The smallest absolute Gasteiger partial charge is 0.266 e. The van der Waals surface area contributed by atoms with Crippen molar-refractivity contribution < 1.29 is 9.50 Å². The zero-order valence-electron chi connectivity index (χ0n) is 15.7. The standard InChI is InChI=1S/C22H21FN2O2S/c1-11-7-15(10-26)18(14-5-3-13(4-6-14)12(2)9-24)19-16-8-17(23)28-21(16)22(27)25-20(11)19/h3-8,12,26H,9-10,24H2,1-2H3,(H,25,27)/t12-/m0/s1. The zero-order valence-corrected chi connectivity index (χ0v) is 16.5. The second-order valence-electron chi connectivity index (χ2n) is 7.14. The molecule has 0 spiro atoms. The van der Waals surface area contributed by atoms with Crippen LogP contribution < -0.4 is 11.3 Å². The minimum Gasteiger partial charge on any atom is -0.392 e. The molecule has 0 bridgehead atoms. The number of H-pyrrole nitrogens is 1. The summed E-state index contributed by atoms with van der Waals surface area (Å²) in [6, 6.07) is 11.3. The maximum absolute atomic E-state index is 14.0. The first-order valence-corrected chi connectivity index (χ1v) is 9.95. The van der Waals surface area contributed by atoms with E-state index < -0.39 is 5.13 Å². The summed E-state index contributed by atoms with van der Waals surface area (Å²) in [6.07, 6.45) is 0. The van der Waals surface area contributed by atoms with Gasteiger partial charge in [0.25, 0.3) is 5.56 Å². The van der Waals surface area contributed by atoms with Crippen LogP contribution in [0.3, 0.4) is 0 Å². The lowest BCUT2D eigenvalue weighted by Crippen LogP contribution is -2.08. The van der Waals surface area contributed by atoms with Crippen molar-refractivity contribution in [3.8, 4) is 11.1 Å². The second-order valence-corrected chi connectivity index (χ2v) is 8.14. The number of aromatic amines is 1. The number of aliphatic hydroxyl groups excluding tert-OH is 1. The lowest BCUT2D eigenvalue weighted by atomic mass is 9.90. The highest BCUT2D eigenvalue weighted by Gasteiger charge is 2.19. The maximum atomic E-state index is 14.0. The van der Waals surface area contributed by atoms with Gasteiger partial charge in [-0.15, -0.1) is 11.3 Å². The van der Waals surface area contributed by atoms with E-state index in [1.54, 1.807) is 0 Å². The molecule has 2 aromatic heterocycles. The van der Waals surface area contributed by atoms with Crippen LogP contribution in [0.15, 0.2) is 41.2 Å². The van der Waals surface area contributed by atoms with Crippen molar-refractivity contribution in [1.29, 1.82) is 0 Å². The monoisotopic (exact) mass is 396 g/mol. The van der Waals surface area contributed by atoms with Gasteiger partial charge >= 0.3 is 0 Å². The van der Waals surface area contributed by atoms with Crippen LogP contribution in [0.4, 0.5) is 4.39 Å².